The number of benzene rings is 1. The van der Waals surface area contributed by atoms with Crippen LogP contribution in [0.4, 0.5) is 10.1 Å². The number of halogens is 2. The third-order valence-corrected chi connectivity index (χ3v) is 3.08. The van der Waals surface area contributed by atoms with E-state index in [0.29, 0.717) is 16.8 Å². The molecule has 19 heavy (non-hydrogen) atoms. The lowest BCUT2D eigenvalue weighted by molar-refractivity contribution is 0.300. The molecule has 0 saturated heterocycles. The second kappa shape index (κ2) is 6.52. The van der Waals surface area contributed by atoms with Gasteiger partial charge in [-0.3, -0.25) is 4.98 Å². The van der Waals surface area contributed by atoms with E-state index in [0.717, 1.165) is 17.9 Å². The standard InChI is InChI=1S/C14H14BrFN2O/c1-2-17-10-5-6-18-11(7-10)9-19-12-3-4-14(16)13(15)8-12/h3-8H,2,9H2,1H3,(H,17,18). The predicted octanol–water partition coefficient (Wildman–Crippen LogP) is 3.99. The van der Waals surface area contributed by atoms with E-state index in [1.54, 1.807) is 18.3 Å². The summed E-state index contributed by atoms with van der Waals surface area (Å²) in [6, 6.07) is 8.39. The minimum absolute atomic E-state index is 0.306. The minimum Gasteiger partial charge on any atom is -0.487 e. The van der Waals surface area contributed by atoms with Crippen LogP contribution in [0.3, 0.4) is 0 Å². The Morgan fingerprint density at radius 1 is 1.32 bits per heavy atom. The summed E-state index contributed by atoms with van der Waals surface area (Å²) in [6.45, 7) is 3.24. The van der Waals surface area contributed by atoms with Crippen molar-refractivity contribution in [3.63, 3.8) is 0 Å². The van der Waals surface area contributed by atoms with Gasteiger partial charge in [-0.05, 0) is 53.2 Å². The molecule has 0 aliphatic heterocycles. The number of aromatic nitrogens is 1. The molecule has 2 aromatic rings. The fourth-order valence-electron chi connectivity index (χ4n) is 1.60. The number of pyridine rings is 1. The summed E-state index contributed by atoms with van der Waals surface area (Å²) in [5.74, 6) is 0.295. The van der Waals surface area contributed by atoms with Crippen molar-refractivity contribution >= 4 is 21.6 Å². The molecule has 2 rings (SSSR count). The molecule has 0 aliphatic carbocycles. The Hall–Kier alpha value is -1.62. The van der Waals surface area contributed by atoms with Gasteiger partial charge >= 0.3 is 0 Å². The van der Waals surface area contributed by atoms with Gasteiger partial charge in [0, 0.05) is 18.4 Å². The smallest absolute Gasteiger partial charge is 0.137 e. The van der Waals surface area contributed by atoms with Crippen LogP contribution in [0.25, 0.3) is 0 Å². The highest BCUT2D eigenvalue weighted by Crippen LogP contribution is 2.22. The van der Waals surface area contributed by atoms with Crippen LogP contribution in [0, 0.1) is 5.82 Å². The third kappa shape index (κ3) is 3.92. The van der Waals surface area contributed by atoms with E-state index < -0.39 is 0 Å². The molecular formula is C14H14BrFN2O. The lowest BCUT2D eigenvalue weighted by Crippen LogP contribution is -2.01. The van der Waals surface area contributed by atoms with Crippen LogP contribution in [0.15, 0.2) is 41.0 Å². The zero-order valence-corrected chi connectivity index (χ0v) is 12.1. The van der Waals surface area contributed by atoms with Crippen molar-refractivity contribution < 1.29 is 9.13 Å². The zero-order chi connectivity index (χ0) is 13.7. The molecule has 0 atom stereocenters. The Bertz CT molecular complexity index is 563. The number of nitrogens with one attached hydrogen (secondary N) is 1. The first-order valence-corrected chi connectivity index (χ1v) is 6.75. The average molecular weight is 325 g/mol. The molecule has 1 N–H and O–H groups in total. The van der Waals surface area contributed by atoms with Crippen LogP contribution in [0.5, 0.6) is 5.75 Å². The first-order chi connectivity index (χ1) is 9.19. The normalized spacial score (nSPS) is 10.3. The molecule has 0 bridgehead atoms. The van der Waals surface area contributed by atoms with Crippen LogP contribution in [-0.2, 0) is 6.61 Å². The molecule has 1 aromatic heterocycles. The summed E-state index contributed by atoms with van der Waals surface area (Å²) < 4.78 is 19.0. The van der Waals surface area contributed by atoms with E-state index >= 15 is 0 Å². The third-order valence-electron chi connectivity index (χ3n) is 2.48. The Balaban J connectivity index is 2.01. The molecule has 0 unspecified atom stereocenters. The number of hydrogen-bond acceptors (Lipinski definition) is 3. The molecule has 1 aromatic carbocycles. The number of nitrogens with zero attached hydrogens (tertiary/aromatic N) is 1. The summed E-state index contributed by atoms with van der Waals surface area (Å²) >= 11 is 3.12. The minimum atomic E-state index is -0.306. The Morgan fingerprint density at radius 2 is 2.16 bits per heavy atom. The number of rotatable bonds is 5. The van der Waals surface area contributed by atoms with Crippen molar-refractivity contribution in [1.29, 1.82) is 0 Å². The monoisotopic (exact) mass is 324 g/mol. The first-order valence-electron chi connectivity index (χ1n) is 5.95. The summed E-state index contributed by atoms with van der Waals surface area (Å²) in [7, 11) is 0. The van der Waals surface area contributed by atoms with E-state index in [-0.39, 0.29) is 5.82 Å². The van der Waals surface area contributed by atoms with Crippen LogP contribution < -0.4 is 10.1 Å². The summed E-state index contributed by atoms with van der Waals surface area (Å²) in [5.41, 5.74) is 1.83. The Morgan fingerprint density at radius 3 is 2.89 bits per heavy atom. The lowest BCUT2D eigenvalue weighted by Gasteiger charge is -2.08. The summed E-state index contributed by atoms with van der Waals surface area (Å²) in [6.07, 6.45) is 1.73. The molecule has 1 heterocycles. The maximum atomic E-state index is 13.1. The molecule has 3 nitrogen and oxygen atoms in total. The second-order valence-corrected chi connectivity index (χ2v) is 4.79. The largest absolute Gasteiger partial charge is 0.487 e. The van der Waals surface area contributed by atoms with Crippen LogP contribution in [0.1, 0.15) is 12.6 Å². The lowest BCUT2D eigenvalue weighted by atomic mass is 10.3. The van der Waals surface area contributed by atoms with Crippen LogP contribution in [-0.4, -0.2) is 11.5 Å². The van der Waals surface area contributed by atoms with Crippen molar-refractivity contribution in [3.05, 3.63) is 52.5 Å². The molecule has 0 spiro atoms. The second-order valence-electron chi connectivity index (χ2n) is 3.93. The summed E-state index contributed by atoms with van der Waals surface area (Å²) in [5, 5.41) is 3.21. The molecule has 0 amide bonds. The maximum Gasteiger partial charge on any atom is 0.137 e. The molecule has 0 aliphatic rings. The maximum absolute atomic E-state index is 13.1. The molecule has 0 saturated carbocycles. The molecule has 5 heteroatoms. The Kier molecular flexibility index (Phi) is 4.74. The van der Waals surface area contributed by atoms with Gasteiger partial charge in [0.1, 0.15) is 18.2 Å². The molecule has 0 fully saturated rings. The van der Waals surface area contributed by atoms with Gasteiger partial charge in [-0.2, -0.15) is 0 Å². The topological polar surface area (TPSA) is 34.2 Å². The SMILES string of the molecule is CCNc1ccnc(COc2ccc(F)c(Br)c2)c1. The fourth-order valence-corrected chi connectivity index (χ4v) is 1.95. The van der Waals surface area contributed by atoms with Crippen LogP contribution >= 0.6 is 15.9 Å². The van der Waals surface area contributed by atoms with Gasteiger partial charge in [-0.15, -0.1) is 0 Å². The van der Waals surface area contributed by atoms with Crippen molar-refractivity contribution in [1.82, 2.24) is 4.98 Å². The highest BCUT2D eigenvalue weighted by molar-refractivity contribution is 9.10. The van der Waals surface area contributed by atoms with Gasteiger partial charge in [0.25, 0.3) is 0 Å². The highest BCUT2D eigenvalue weighted by atomic mass is 79.9. The van der Waals surface area contributed by atoms with E-state index in [2.05, 4.69) is 26.2 Å². The van der Waals surface area contributed by atoms with Gasteiger partial charge < -0.3 is 10.1 Å². The Labute approximate surface area is 119 Å². The van der Waals surface area contributed by atoms with Crippen molar-refractivity contribution in [3.8, 4) is 5.75 Å². The van der Waals surface area contributed by atoms with E-state index in [1.807, 2.05) is 19.1 Å². The van der Waals surface area contributed by atoms with Gasteiger partial charge in [-0.1, -0.05) is 0 Å². The van der Waals surface area contributed by atoms with Gasteiger partial charge in [-0.25, -0.2) is 4.39 Å². The molecule has 0 radical (unpaired) electrons. The predicted molar refractivity (Wildman–Crippen MR) is 76.8 cm³/mol. The van der Waals surface area contributed by atoms with E-state index in [4.69, 9.17) is 4.74 Å². The van der Waals surface area contributed by atoms with Crippen LogP contribution in [0.2, 0.25) is 0 Å². The average Bonchev–Trinajstić information content (AvgIpc) is 2.41. The molecular weight excluding hydrogens is 311 g/mol. The zero-order valence-electron chi connectivity index (χ0n) is 10.5. The van der Waals surface area contributed by atoms with E-state index in [9.17, 15) is 4.39 Å². The number of anilines is 1. The van der Waals surface area contributed by atoms with Gasteiger partial charge in [0.2, 0.25) is 0 Å². The molecule has 100 valence electrons. The number of ether oxygens (including phenoxy) is 1. The van der Waals surface area contributed by atoms with Crippen molar-refractivity contribution in [2.75, 3.05) is 11.9 Å². The fraction of sp³-hybridized carbons (Fsp3) is 0.214. The number of hydrogen-bond donors (Lipinski definition) is 1. The first kappa shape index (κ1) is 13.8. The van der Waals surface area contributed by atoms with Crippen molar-refractivity contribution in [2.45, 2.75) is 13.5 Å². The van der Waals surface area contributed by atoms with Crippen molar-refractivity contribution in [2.24, 2.45) is 0 Å². The van der Waals surface area contributed by atoms with Gasteiger partial charge in [0.05, 0.1) is 10.2 Å². The van der Waals surface area contributed by atoms with E-state index in [1.165, 1.54) is 6.07 Å². The van der Waals surface area contributed by atoms with Gasteiger partial charge in [0.15, 0.2) is 0 Å². The quantitative estimate of drug-likeness (QED) is 0.902. The summed E-state index contributed by atoms with van der Waals surface area (Å²) in [4.78, 5) is 4.23. The highest BCUT2D eigenvalue weighted by Gasteiger charge is 2.03.